The maximum atomic E-state index is 13.1. The number of aryl methyl sites for hydroxylation is 1. The highest BCUT2D eigenvalue weighted by Crippen LogP contribution is 2.35. The van der Waals surface area contributed by atoms with Crippen molar-refractivity contribution in [2.45, 2.75) is 46.6 Å². The number of anilines is 1. The van der Waals surface area contributed by atoms with Crippen LogP contribution in [0, 0.1) is 13.8 Å². The van der Waals surface area contributed by atoms with E-state index in [4.69, 9.17) is 0 Å². The molecular weight excluding hydrogens is 452 g/mol. The summed E-state index contributed by atoms with van der Waals surface area (Å²) in [7, 11) is 0. The molecule has 4 rings (SSSR count). The van der Waals surface area contributed by atoms with Crippen LogP contribution in [-0.2, 0) is 4.79 Å². The fourth-order valence-corrected chi connectivity index (χ4v) is 4.55. The number of carbonyl (C=O) groups excluding carboxylic acids is 3. The van der Waals surface area contributed by atoms with Gasteiger partial charge in [-0.25, -0.2) is 0 Å². The summed E-state index contributed by atoms with van der Waals surface area (Å²) < 4.78 is 0. The number of aromatic amines is 1. The standard InChI is InChI=1S/C29H32N4O3/c1-5-14-30-29(36)26-17(3)25(31-18(26)4)16-22-21-15-20(12-13-24(21)33-28(22)35)27(34)32-23(6-2)19-10-8-7-9-11-19/h7-13,15-16,23,31H,5-6,14H2,1-4H3,(H,30,36)(H,32,34)(H,33,35)/b22-16-/t23-/m0/s1. The summed E-state index contributed by atoms with van der Waals surface area (Å²) in [5, 5.41) is 8.88. The molecule has 0 unspecified atom stereocenters. The maximum Gasteiger partial charge on any atom is 0.256 e. The van der Waals surface area contributed by atoms with Gasteiger partial charge in [-0.05, 0) is 62.1 Å². The highest BCUT2D eigenvalue weighted by Gasteiger charge is 2.27. The minimum atomic E-state index is -0.248. The van der Waals surface area contributed by atoms with Crippen LogP contribution in [-0.4, -0.2) is 29.3 Å². The van der Waals surface area contributed by atoms with E-state index < -0.39 is 0 Å². The Bertz CT molecular complexity index is 1340. The maximum absolute atomic E-state index is 13.1. The van der Waals surface area contributed by atoms with Gasteiger partial charge in [0, 0.05) is 34.7 Å². The summed E-state index contributed by atoms with van der Waals surface area (Å²) in [5.41, 5.74) is 6.07. The predicted molar refractivity (Wildman–Crippen MR) is 143 cm³/mol. The number of hydrogen-bond acceptors (Lipinski definition) is 3. The van der Waals surface area contributed by atoms with E-state index in [0.29, 0.717) is 40.2 Å². The molecule has 186 valence electrons. The van der Waals surface area contributed by atoms with Crippen LogP contribution in [0.2, 0.25) is 0 Å². The molecule has 1 aromatic heterocycles. The molecule has 2 heterocycles. The molecule has 0 fully saturated rings. The molecule has 0 radical (unpaired) electrons. The number of aromatic nitrogens is 1. The third-order valence-corrected chi connectivity index (χ3v) is 6.51. The van der Waals surface area contributed by atoms with Gasteiger partial charge in [-0.15, -0.1) is 0 Å². The molecule has 3 amide bonds. The molecule has 0 aliphatic carbocycles. The van der Waals surface area contributed by atoms with Gasteiger partial charge < -0.3 is 20.9 Å². The normalized spacial score (nSPS) is 14.3. The first-order valence-electron chi connectivity index (χ1n) is 12.3. The van der Waals surface area contributed by atoms with Crippen LogP contribution in [0.1, 0.15) is 81.5 Å². The number of carbonyl (C=O) groups is 3. The van der Waals surface area contributed by atoms with Crippen molar-refractivity contribution in [3.63, 3.8) is 0 Å². The predicted octanol–water partition coefficient (Wildman–Crippen LogP) is 5.15. The monoisotopic (exact) mass is 484 g/mol. The van der Waals surface area contributed by atoms with E-state index in [0.717, 1.165) is 29.7 Å². The van der Waals surface area contributed by atoms with Crippen molar-refractivity contribution in [1.29, 1.82) is 0 Å². The largest absolute Gasteiger partial charge is 0.358 e. The summed E-state index contributed by atoms with van der Waals surface area (Å²) in [6.45, 7) is 8.34. The van der Waals surface area contributed by atoms with Gasteiger partial charge in [0.25, 0.3) is 17.7 Å². The fourth-order valence-electron chi connectivity index (χ4n) is 4.55. The van der Waals surface area contributed by atoms with Gasteiger partial charge in [0.15, 0.2) is 0 Å². The molecule has 2 aromatic carbocycles. The van der Waals surface area contributed by atoms with E-state index >= 15 is 0 Å². The zero-order valence-electron chi connectivity index (χ0n) is 21.1. The Morgan fingerprint density at radius 3 is 2.47 bits per heavy atom. The molecule has 7 nitrogen and oxygen atoms in total. The molecule has 1 atom stereocenters. The molecule has 0 bridgehead atoms. The van der Waals surface area contributed by atoms with Crippen molar-refractivity contribution < 1.29 is 14.4 Å². The SMILES string of the molecule is CCCNC(=O)c1c(C)[nH]c(/C=C2\C(=O)Nc3ccc(C(=O)N[C@@H](CC)c4ccccc4)cc32)c1C. The third kappa shape index (κ3) is 4.96. The highest BCUT2D eigenvalue weighted by molar-refractivity contribution is 6.35. The van der Waals surface area contributed by atoms with E-state index in [1.807, 2.05) is 58.0 Å². The minimum Gasteiger partial charge on any atom is -0.358 e. The van der Waals surface area contributed by atoms with Gasteiger partial charge in [-0.2, -0.15) is 0 Å². The number of rotatable bonds is 8. The van der Waals surface area contributed by atoms with Gasteiger partial charge in [0.2, 0.25) is 0 Å². The fraction of sp³-hybridized carbons (Fsp3) is 0.276. The van der Waals surface area contributed by atoms with E-state index in [-0.39, 0.29) is 23.8 Å². The molecule has 7 heteroatoms. The molecule has 4 N–H and O–H groups in total. The number of hydrogen-bond donors (Lipinski definition) is 4. The lowest BCUT2D eigenvalue weighted by Gasteiger charge is -2.17. The number of H-pyrrole nitrogens is 1. The Morgan fingerprint density at radius 1 is 1.03 bits per heavy atom. The number of nitrogens with one attached hydrogen (secondary N) is 4. The Morgan fingerprint density at radius 2 is 1.78 bits per heavy atom. The number of fused-ring (bicyclic) bond motifs is 1. The minimum absolute atomic E-state index is 0.108. The van der Waals surface area contributed by atoms with Gasteiger partial charge in [-0.1, -0.05) is 44.2 Å². The highest BCUT2D eigenvalue weighted by atomic mass is 16.2. The van der Waals surface area contributed by atoms with E-state index in [2.05, 4.69) is 20.9 Å². The van der Waals surface area contributed by atoms with Crippen molar-refractivity contribution >= 4 is 35.1 Å². The first kappa shape index (κ1) is 25.0. The summed E-state index contributed by atoms with van der Waals surface area (Å²) in [4.78, 5) is 41.8. The van der Waals surface area contributed by atoms with Crippen molar-refractivity contribution in [3.05, 3.63) is 87.7 Å². The van der Waals surface area contributed by atoms with Crippen molar-refractivity contribution in [3.8, 4) is 0 Å². The van der Waals surface area contributed by atoms with E-state index in [1.54, 1.807) is 24.3 Å². The second-order valence-electron chi connectivity index (χ2n) is 9.04. The first-order chi connectivity index (χ1) is 17.3. The van der Waals surface area contributed by atoms with Crippen molar-refractivity contribution in [1.82, 2.24) is 15.6 Å². The molecular formula is C29H32N4O3. The van der Waals surface area contributed by atoms with Crippen molar-refractivity contribution in [2.75, 3.05) is 11.9 Å². The van der Waals surface area contributed by atoms with Crippen LogP contribution in [0.5, 0.6) is 0 Å². The van der Waals surface area contributed by atoms with Crippen LogP contribution < -0.4 is 16.0 Å². The Labute approximate surface area is 211 Å². The van der Waals surface area contributed by atoms with E-state index in [9.17, 15) is 14.4 Å². The Kier molecular flexibility index (Phi) is 7.38. The van der Waals surface area contributed by atoms with Crippen LogP contribution in [0.15, 0.2) is 48.5 Å². The third-order valence-electron chi connectivity index (χ3n) is 6.51. The van der Waals surface area contributed by atoms with E-state index in [1.165, 1.54) is 0 Å². The molecule has 0 saturated heterocycles. The quantitative estimate of drug-likeness (QED) is 0.333. The molecule has 36 heavy (non-hydrogen) atoms. The molecule has 1 aliphatic rings. The van der Waals surface area contributed by atoms with Gasteiger partial charge in [-0.3, -0.25) is 14.4 Å². The Balaban J connectivity index is 1.63. The summed E-state index contributed by atoms with van der Waals surface area (Å²) in [5.74, 6) is -0.581. The lowest BCUT2D eigenvalue weighted by atomic mass is 10.0. The number of benzene rings is 2. The number of amides is 3. The zero-order chi connectivity index (χ0) is 25.8. The first-order valence-corrected chi connectivity index (χ1v) is 12.3. The average molecular weight is 485 g/mol. The lowest BCUT2D eigenvalue weighted by Crippen LogP contribution is -2.28. The second kappa shape index (κ2) is 10.6. The average Bonchev–Trinajstić information content (AvgIpc) is 3.35. The Hall–Kier alpha value is -4.13. The van der Waals surface area contributed by atoms with Crippen LogP contribution in [0.4, 0.5) is 5.69 Å². The smallest absolute Gasteiger partial charge is 0.256 e. The lowest BCUT2D eigenvalue weighted by molar-refractivity contribution is -0.110. The summed E-state index contributed by atoms with van der Waals surface area (Å²) in [6, 6.07) is 15.0. The summed E-state index contributed by atoms with van der Waals surface area (Å²) in [6.07, 6.45) is 3.36. The second-order valence-corrected chi connectivity index (χ2v) is 9.04. The van der Waals surface area contributed by atoms with Gasteiger partial charge in [0.1, 0.15) is 0 Å². The van der Waals surface area contributed by atoms with Crippen LogP contribution >= 0.6 is 0 Å². The van der Waals surface area contributed by atoms with Gasteiger partial charge >= 0.3 is 0 Å². The zero-order valence-corrected chi connectivity index (χ0v) is 21.1. The van der Waals surface area contributed by atoms with Crippen LogP contribution in [0.3, 0.4) is 0 Å². The molecule has 0 spiro atoms. The topological polar surface area (TPSA) is 103 Å². The molecule has 3 aromatic rings. The summed E-state index contributed by atoms with van der Waals surface area (Å²) >= 11 is 0. The van der Waals surface area contributed by atoms with Gasteiger partial charge in [0.05, 0.1) is 17.2 Å². The molecule has 1 aliphatic heterocycles. The van der Waals surface area contributed by atoms with Crippen molar-refractivity contribution in [2.24, 2.45) is 0 Å². The molecule has 0 saturated carbocycles. The van der Waals surface area contributed by atoms with Crippen LogP contribution in [0.25, 0.3) is 11.6 Å².